The fourth-order valence-corrected chi connectivity index (χ4v) is 3.19. The van der Waals surface area contributed by atoms with Crippen molar-refractivity contribution in [2.24, 2.45) is 0 Å². The van der Waals surface area contributed by atoms with Crippen molar-refractivity contribution in [2.75, 3.05) is 5.75 Å². The Bertz CT molecular complexity index is 513. The van der Waals surface area contributed by atoms with Crippen LogP contribution in [0.4, 0.5) is 0 Å². The third-order valence-corrected chi connectivity index (χ3v) is 4.19. The van der Waals surface area contributed by atoms with Gasteiger partial charge >= 0.3 is 5.97 Å². The summed E-state index contributed by atoms with van der Waals surface area (Å²) >= 11 is 1.34. The summed E-state index contributed by atoms with van der Waals surface area (Å²) in [4.78, 5) is 24.6. The van der Waals surface area contributed by atoms with Gasteiger partial charge in [0.15, 0.2) is 0 Å². The lowest BCUT2D eigenvalue weighted by Crippen LogP contribution is -2.44. The summed E-state index contributed by atoms with van der Waals surface area (Å²) in [5, 5.41) is 28.1. The molecule has 1 aliphatic rings. The van der Waals surface area contributed by atoms with Crippen molar-refractivity contribution in [3.05, 3.63) is 23.8 Å². The fraction of sp³-hybridized carbons (Fsp3) is 0.333. The Morgan fingerprint density at radius 3 is 2.42 bits per heavy atom. The molecule has 0 bridgehead atoms. The van der Waals surface area contributed by atoms with Crippen molar-refractivity contribution in [2.45, 2.75) is 18.3 Å². The number of benzene rings is 1. The number of nitrogens with zero attached hydrogens (tertiary/aromatic N) is 1. The summed E-state index contributed by atoms with van der Waals surface area (Å²) < 4.78 is 0. The van der Waals surface area contributed by atoms with Gasteiger partial charge in [0.25, 0.3) is 5.91 Å². The van der Waals surface area contributed by atoms with Crippen molar-refractivity contribution in [1.82, 2.24) is 4.90 Å². The molecule has 1 aromatic rings. The van der Waals surface area contributed by atoms with Crippen molar-refractivity contribution >= 4 is 23.6 Å². The number of hydrogen-bond donors (Lipinski definition) is 3. The zero-order valence-electron chi connectivity index (χ0n) is 10.1. The lowest BCUT2D eigenvalue weighted by Gasteiger charge is -2.25. The van der Waals surface area contributed by atoms with Crippen molar-refractivity contribution < 1.29 is 24.9 Å². The number of carboxylic acids is 1. The van der Waals surface area contributed by atoms with E-state index in [2.05, 4.69) is 0 Å². The van der Waals surface area contributed by atoms with E-state index >= 15 is 0 Å². The van der Waals surface area contributed by atoms with Crippen LogP contribution >= 0.6 is 11.8 Å². The Labute approximate surface area is 113 Å². The molecule has 1 amide bonds. The SMILES string of the molecule is CC1SCC(C(=O)O)N1C(=O)c1c(O)cccc1O. The van der Waals surface area contributed by atoms with Crippen LogP contribution in [0, 0.1) is 0 Å². The van der Waals surface area contributed by atoms with Crippen LogP contribution in [0.3, 0.4) is 0 Å². The number of rotatable bonds is 2. The minimum Gasteiger partial charge on any atom is -0.507 e. The van der Waals surface area contributed by atoms with Gasteiger partial charge in [0.2, 0.25) is 0 Å². The third kappa shape index (κ3) is 2.33. The van der Waals surface area contributed by atoms with Gasteiger partial charge in [-0.3, -0.25) is 4.79 Å². The average Bonchev–Trinajstić information content (AvgIpc) is 2.70. The predicted molar refractivity (Wildman–Crippen MR) is 69.3 cm³/mol. The van der Waals surface area contributed by atoms with Gasteiger partial charge < -0.3 is 20.2 Å². The molecule has 19 heavy (non-hydrogen) atoms. The Kier molecular flexibility index (Phi) is 3.57. The highest BCUT2D eigenvalue weighted by Gasteiger charge is 2.41. The van der Waals surface area contributed by atoms with Crippen LogP contribution in [-0.4, -0.2) is 49.3 Å². The van der Waals surface area contributed by atoms with Crippen LogP contribution in [0.2, 0.25) is 0 Å². The topological polar surface area (TPSA) is 98.1 Å². The second kappa shape index (κ2) is 5.00. The highest BCUT2D eigenvalue weighted by atomic mass is 32.2. The van der Waals surface area contributed by atoms with Crippen LogP contribution in [0.15, 0.2) is 18.2 Å². The number of carbonyl (C=O) groups is 2. The molecule has 3 N–H and O–H groups in total. The number of aliphatic carboxylic acids is 1. The summed E-state index contributed by atoms with van der Waals surface area (Å²) in [5.74, 6) is -2.21. The smallest absolute Gasteiger partial charge is 0.327 e. The van der Waals surface area contributed by atoms with Gasteiger partial charge in [0, 0.05) is 5.75 Å². The minimum atomic E-state index is -1.10. The van der Waals surface area contributed by atoms with Gasteiger partial charge in [0.05, 0.1) is 5.37 Å². The van der Waals surface area contributed by atoms with Gasteiger partial charge in [-0.25, -0.2) is 4.79 Å². The minimum absolute atomic E-state index is 0.261. The molecule has 0 radical (unpaired) electrons. The number of thioether (sulfide) groups is 1. The molecule has 2 atom stereocenters. The molecule has 1 saturated heterocycles. The highest BCUT2D eigenvalue weighted by Crippen LogP contribution is 2.34. The summed E-state index contributed by atoms with van der Waals surface area (Å²) in [5.41, 5.74) is -0.261. The first-order chi connectivity index (χ1) is 8.93. The van der Waals surface area contributed by atoms with Gasteiger partial charge in [0.1, 0.15) is 23.1 Å². The number of aromatic hydroxyl groups is 2. The molecule has 0 aliphatic carbocycles. The van der Waals surface area contributed by atoms with E-state index in [9.17, 15) is 19.8 Å². The summed E-state index contributed by atoms with van der Waals surface area (Å²) in [6, 6.07) is 3.00. The lowest BCUT2D eigenvalue weighted by atomic mass is 10.1. The van der Waals surface area contributed by atoms with E-state index in [-0.39, 0.29) is 28.2 Å². The molecule has 6 nitrogen and oxygen atoms in total. The molecule has 1 aliphatic heterocycles. The van der Waals surface area contributed by atoms with Crippen LogP contribution < -0.4 is 0 Å². The molecule has 102 valence electrons. The second-order valence-electron chi connectivity index (χ2n) is 4.17. The predicted octanol–water partition coefficient (Wildman–Crippen LogP) is 1.09. The van der Waals surface area contributed by atoms with Gasteiger partial charge in [-0.05, 0) is 19.1 Å². The van der Waals surface area contributed by atoms with Gasteiger partial charge in [-0.15, -0.1) is 11.8 Å². The first-order valence-electron chi connectivity index (χ1n) is 5.61. The van der Waals surface area contributed by atoms with Crippen LogP contribution in [0.5, 0.6) is 11.5 Å². The van der Waals surface area contributed by atoms with E-state index in [0.29, 0.717) is 0 Å². The number of amides is 1. The Hall–Kier alpha value is -1.89. The first-order valence-corrected chi connectivity index (χ1v) is 6.66. The molecule has 0 saturated carbocycles. The number of carboxylic acid groups (broad SMARTS) is 1. The zero-order valence-corrected chi connectivity index (χ0v) is 10.9. The normalized spacial score (nSPS) is 22.5. The number of hydrogen-bond acceptors (Lipinski definition) is 5. The standard InChI is InChI=1S/C12H13NO5S/c1-6-13(7(5-19-6)12(17)18)11(16)10-8(14)3-2-4-9(10)15/h2-4,6-7,14-15H,5H2,1H3,(H,17,18). The molecular weight excluding hydrogens is 270 g/mol. The maximum atomic E-state index is 12.3. The maximum Gasteiger partial charge on any atom is 0.327 e. The summed E-state index contributed by atoms with van der Waals surface area (Å²) in [6.07, 6.45) is 0. The number of phenolic OH excluding ortho intramolecular Hbond substituents is 2. The van der Waals surface area contributed by atoms with E-state index < -0.39 is 17.9 Å². The molecule has 1 aromatic carbocycles. The zero-order chi connectivity index (χ0) is 14.2. The number of carbonyl (C=O) groups excluding carboxylic acids is 1. The summed E-state index contributed by atoms with van der Waals surface area (Å²) in [6.45, 7) is 1.71. The molecular formula is C12H13NO5S. The Balaban J connectivity index is 2.40. The van der Waals surface area contributed by atoms with Crippen molar-refractivity contribution in [3.63, 3.8) is 0 Å². The molecule has 2 rings (SSSR count). The van der Waals surface area contributed by atoms with E-state index in [1.807, 2.05) is 0 Å². The van der Waals surface area contributed by atoms with E-state index in [4.69, 9.17) is 5.11 Å². The maximum absolute atomic E-state index is 12.3. The van der Waals surface area contributed by atoms with Crippen molar-refractivity contribution in [3.8, 4) is 11.5 Å². The van der Waals surface area contributed by atoms with E-state index in [1.54, 1.807) is 6.92 Å². The molecule has 0 aromatic heterocycles. The average molecular weight is 283 g/mol. The molecule has 2 unspecified atom stereocenters. The van der Waals surface area contributed by atoms with Gasteiger partial charge in [-0.2, -0.15) is 0 Å². The Morgan fingerprint density at radius 1 is 1.32 bits per heavy atom. The monoisotopic (exact) mass is 283 g/mol. The van der Waals surface area contributed by atoms with Gasteiger partial charge in [-0.1, -0.05) is 6.07 Å². The Morgan fingerprint density at radius 2 is 1.89 bits per heavy atom. The second-order valence-corrected chi connectivity index (χ2v) is 5.52. The van der Waals surface area contributed by atoms with Crippen LogP contribution in [0.25, 0.3) is 0 Å². The van der Waals surface area contributed by atoms with E-state index in [0.717, 1.165) is 0 Å². The molecule has 1 heterocycles. The number of phenols is 2. The van der Waals surface area contributed by atoms with Crippen molar-refractivity contribution in [1.29, 1.82) is 0 Å². The quantitative estimate of drug-likeness (QED) is 0.751. The largest absolute Gasteiger partial charge is 0.507 e. The van der Waals surface area contributed by atoms with Crippen LogP contribution in [0.1, 0.15) is 17.3 Å². The molecule has 7 heteroatoms. The lowest BCUT2D eigenvalue weighted by molar-refractivity contribution is -0.141. The fourth-order valence-electron chi connectivity index (χ4n) is 2.02. The first kappa shape index (κ1) is 13.5. The summed E-state index contributed by atoms with van der Waals surface area (Å²) in [7, 11) is 0. The molecule has 0 spiro atoms. The third-order valence-electron chi connectivity index (χ3n) is 2.98. The molecule has 1 fully saturated rings. The highest BCUT2D eigenvalue weighted by molar-refractivity contribution is 8.00. The van der Waals surface area contributed by atoms with E-state index in [1.165, 1.54) is 34.9 Å². The van der Waals surface area contributed by atoms with Crippen LogP contribution in [-0.2, 0) is 4.79 Å².